The van der Waals surface area contributed by atoms with Crippen molar-refractivity contribution in [2.45, 2.75) is 38.4 Å². The summed E-state index contributed by atoms with van der Waals surface area (Å²) in [6.07, 6.45) is 10.2. The van der Waals surface area contributed by atoms with Crippen molar-refractivity contribution in [2.75, 3.05) is 0 Å². The lowest BCUT2D eigenvalue weighted by Crippen LogP contribution is -1.95. The van der Waals surface area contributed by atoms with Crippen LogP contribution in [-0.2, 0) is 0 Å². The Morgan fingerprint density at radius 1 is 1.12 bits per heavy atom. The van der Waals surface area contributed by atoms with Crippen molar-refractivity contribution in [1.29, 1.82) is 0 Å². The number of benzene rings is 1. The third-order valence-electron chi connectivity index (χ3n) is 2.75. The smallest absolute Gasteiger partial charge is 0.0479 e. The van der Waals surface area contributed by atoms with Gasteiger partial charge in [-0.1, -0.05) is 68.0 Å². The lowest BCUT2D eigenvalue weighted by molar-refractivity contribution is 0.816. The van der Waals surface area contributed by atoms with Crippen LogP contribution in [0.3, 0.4) is 0 Å². The Hall–Kier alpha value is -0.950. The monoisotopic (exact) mass is 246 g/mol. The van der Waals surface area contributed by atoms with Crippen molar-refractivity contribution in [2.24, 2.45) is 0 Å². The molecule has 0 N–H and O–H groups in total. The third kappa shape index (κ3) is 4.43. The zero-order valence-corrected chi connectivity index (χ0v) is 11.7. The maximum absolute atomic E-state index is 4.71. The molecule has 0 aliphatic heterocycles. The van der Waals surface area contributed by atoms with Crippen LogP contribution in [0.5, 0.6) is 0 Å². The fourth-order valence-corrected chi connectivity index (χ4v) is 2.26. The van der Waals surface area contributed by atoms with E-state index in [-0.39, 0.29) is 5.25 Å². The molecule has 0 aromatic heterocycles. The van der Waals surface area contributed by atoms with Gasteiger partial charge < -0.3 is 0 Å². The molecule has 0 amide bonds. The van der Waals surface area contributed by atoms with E-state index in [9.17, 15) is 0 Å². The van der Waals surface area contributed by atoms with Crippen LogP contribution in [0.2, 0.25) is 0 Å². The van der Waals surface area contributed by atoms with E-state index in [0.717, 1.165) is 6.42 Å². The number of hydrogen-bond donors (Lipinski definition) is 1. The van der Waals surface area contributed by atoms with Crippen molar-refractivity contribution in [1.82, 2.24) is 0 Å². The quantitative estimate of drug-likeness (QED) is 0.668. The van der Waals surface area contributed by atoms with Gasteiger partial charge in [-0.15, -0.1) is 0 Å². The first kappa shape index (κ1) is 14.1. The van der Waals surface area contributed by atoms with Crippen molar-refractivity contribution in [3.8, 4) is 0 Å². The largest absolute Gasteiger partial charge is 0.167 e. The molecule has 1 aliphatic carbocycles. The maximum Gasteiger partial charge on any atom is 0.0479 e. The second kappa shape index (κ2) is 8.19. The molecule has 0 bridgehead atoms. The first-order valence-corrected chi connectivity index (χ1v) is 6.98. The molecule has 0 radical (unpaired) electrons. The van der Waals surface area contributed by atoms with E-state index >= 15 is 0 Å². The zero-order valence-electron chi connectivity index (χ0n) is 10.8. The molecular weight excluding hydrogens is 224 g/mol. The molecule has 1 aliphatic rings. The Kier molecular flexibility index (Phi) is 6.80. The van der Waals surface area contributed by atoms with Crippen LogP contribution in [0.25, 0.3) is 0 Å². The highest BCUT2D eigenvalue weighted by molar-refractivity contribution is 7.80. The predicted molar refractivity (Wildman–Crippen MR) is 80.6 cm³/mol. The van der Waals surface area contributed by atoms with E-state index in [1.54, 1.807) is 0 Å². The SMILES string of the molecule is CC.SC(C1=CC=CCCC1)c1ccccc1. The summed E-state index contributed by atoms with van der Waals surface area (Å²) in [5.74, 6) is 0. The molecule has 0 spiro atoms. The van der Waals surface area contributed by atoms with Gasteiger partial charge in [0.1, 0.15) is 0 Å². The second-order valence-corrected chi connectivity index (χ2v) is 4.39. The van der Waals surface area contributed by atoms with Crippen LogP contribution in [-0.4, -0.2) is 0 Å². The van der Waals surface area contributed by atoms with Crippen LogP contribution >= 0.6 is 12.6 Å². The molecule has 0 heterocycles. The Morgan fingerprint density at radius 3 is 2.53 bits per heavy atom. The molecule has 0 nitrogen and oxygen atoms in total. The third-order valence-corrected chi connectivity index (χ3v) is 3.38. The standard InChI is InChI=1S/C14H16S.C2H6/c15-14(13-10-6-3-7-11-13)12-8-4-1-2-5-9-12;1-2/h1,3-4,6-8,10-11,14-15H,2,5,9H2;1-2H3. The van der Waals surface area contributed by atoms with Crippen LogP contribution in [0.1, 0.15) is 43.9 Å². The first-order valence-electron chi connectivity index (χ1n) is 6.46. The number of rotatable bonds is 2. The zero-order chi connectivity index (χ0) is 12.5. The highest BCUT2D eigenvalue weighted by Gasteiger charge is 2.11. The highest BCUT2D eigenvalue weighted by atomic mass is 32.1. The molecule has 0 saturated heterocycles. The summed E-state index contributed by atoms with van der Waals surface area (Å²) in [7, 11) is 0. The summed E-state index contributed by atoms with van der Waals surface area (Å²) in [5, 5.41) is 0.258. The Bertz CT molecular complexity index is 362. The molecule has 1 unspecified atom stereocenters. The van der Waals surface area contributed by atoms with E-state index in [4.69, 9.17) is 12.6 Å². The summed E-state index contributed by atoms with van der Waals surface area (Å²) >= 11 is 4.71. The van der Waals surface area contributed by atoms with Crippen LogP contribution in [0.4, 0.5) is 0 Å². The molecule has 2 rings (SSSR count). The van der Waals surface area contributed by atoms with Gasteiger partial charge in [-0.25, -0.2) is 0 Å². The van der Waals surface area contributed by atoms with Gasteiger partial charge in [0.2, 0.25) is 0 Å². The highest BCUT2D eigenvalue weighted by Crippen LogP contribution is 2.32. The average Bonchev–Trinajstić information content (AvgIpc) is 2.70. The second-order valence-electron chi connectivity index (χ2n) is 3.88. The summed E-state index contributed by atoms with van der Waals surface area (Å²) in [6.45, 7) is 4.00. The summed E-state index contributed by atoms with van der Waals surface area (Å²) in [5.41, 5.74) is 2.72. The lowest BCUT2D eigenvalue weighted by Gasteiger charge is -2.14. The molecule has 0 saturated carbocycles. The van der Waals surface area contributed by atoms with E-state index in [1.165, 1.54) is 24.0 Å². The fourth-order valence-electron chi connectivity index (χ4n) is 1.87. The summed E-state index contributed by atoms with van der Waals surface area (Å²) < 4.78 is 0. The Morgan fingerprint density at radius 2 is 1.82 bits per heavy atom. The van der Waals surface area contributed by atoms with E-state index in [0.29, 0.717) is 0 Å². The van der Waals surface area contributed by atoms with Gasteiger partial charge in [0.15, 0.2) is 0 Å². The average molecular weight is 246 g/mol. The van der Waals surface area contributed by atoms with Crippen molar-refractivity contribution in [3.05, 3.63) is 59.7 Å². The molecule has 0 fully saturated rings. The van der Waals surface area contributed by atoms with Gasteiger partial charge in [0.05, 0.1) is 0 Å². The molecule has 1 aromatic rings. The minimum atomic E-state index is 0.258. The van der Waals surface area contributed by atoms with E-state index in [2.05, 4.69) is 42.5 Å². The number of thiol groups is 1. The van der Waals surface area contributed by atoms with Gasteiger partial charge in [-0.2, -0.15) is 12.6 Å². The number of hydrogen-bond acceptors (Lipinski definition) is 1. The topological polar surface area (TPSA) is 0 Å². The lowest BCUT2D eigenvalue weighted by atomic mass is 10.0. The van der Waals surface area contributed by atoms with Crippen molar-refractivity contribution >= 4 is 12.6 Å². The Balaban J connectivity index is 0.000000686. The van der Waals surface area contributed by atoms with Gasteiger partial charge in [-0.05, 0) is 24.8 Å². The van der Waals surface area contributed by atoms with Gasteiger partial charge in [-0.3, -0.25) is 0 Å². The fraction of sp³-hybridized carbons (Fsp3) is 0.375. The predicted octanol–water partition coefficient (Wildman–Crippen LogP) is 5.35. The molecule has 1 aromatic carbocycles. The normalized spacial score (nSPS) is 16.3. The molecule has 17 heavy (non-hydrogen) atoms. The van der Waals surface area contributed by atoms with E-state index in [1.807, 2.05) is 19.9 Å². The molecular formula is C16H22S. The first-order chi connectivity index (χ1) is 8.38. The minimum Gasteiger partial charge on any atom is -0.167 e. The number of allylic oxidation sites excluding steroid dienone is 3. The van der Waals surface area contributed by atoms with Gasteiger partial charge in [0.25, 0.3) is 0 Å². The maximum atomic E-state index is 4.71. The van der Waals surface area contributed by atoms with Crippen molar-refractivity contribution < 1.29 is 0 Å². The van der Waals surface area contributed by atoms with Gasteiger partial charge >= 0.3 is 0 Å². The Labute approximate surface area is 111 Å². The molecule has 1 heteroatoms. The molecule has 92 valence electrons. The van der Waals surface area contributed by atoms with Crippen LogP contribution < -0.4 is 0 Å². The summed E-state index contributed by atoms with van der Waals surface area (Å²) in [6, 6.07) is 10.5. The van der Waals surface area contributed by atoms with Crippen LogP contribution in [0, 0.1) is 0 Å². The summed E-state index contributed by atoms with van der Waals surface area (Å²) in [4.78, 5) is 0. The minimum absolute atomic E-state index is 0.258. The molecule has 1 atom stereocenters. The van der Waals surface area contributed by atoms with Crippen molar-refractivity contribution in [3.63, 3.8) is 0 Å². The van der Waals surface area contributed by atoms with Gasteiger partial charge in [0, 0.05) is 5.25 Å². The van der Waals surface area contributed by atoms with Crippen LogP contribution in [0.15, 0.2) is 54.1 Å². The van der Waals surface area contributed by atoms with E-state index < -0.39 is 0 Å².